The van der Waals surface area contributed by atoms with E-state index in [9.17, 15) is 4.79 Å². The Hall–Kier alpha value is -1.55. The van der Waals surface area contributed by atoms with Gasteiger partial charge in [-0.15, -0.1) is 0 Å². The van der Waals surface area contributed by atoms with Crippen molar-refractivity contribution >= 4 is 5.97 Å². The first kappa shape index (κ1) is 16.5. The first-order valence-electron chi connectivity index (χ1n) is 7.15. The van der Waals surface area contributed by atoms with Gasteiger partial charge in [0.2, 0.25) is 0 Å². The lowest BCUT2D eigenvalue weighted by Crippen LogP contribution is -2.24. The number of carbonyl (C=O) groups excluding carboxylic acids is 1. The minimum Gasteiger partial charge on any atom is -0.494 e. The van der Waals surface area contributed by atoms with Crippen molar-refractivity contribution in [3.63, 3.8) is 0 Å². The molecular weight excluding hydrogens is 254 g/mol. The second-order valence-electron chi connectivity index (χ2n) is 4.87. The van der Waals surface area contributed by atoms with E-state index in [4.69, 9.17) is 9.47 Å². The Balaban J connectivity index is 2.08. The van der Waals surface area contributed by atoms with Gasteiger partial charge in [0.25, 0.3) is 0 Å². The van der Waals surface area contributed by atoms with Crippen LogP contribution in [0.5, 0.6) is 5.75 Å². The van der Waals surface area contributed by atoms with E-state index in [1.165, 1.54) is 5.56 Å². The molecule has 0 radical (unpaired) electrons. The zero-order chi connectivity index (χ0) is 14.8. The number of esters is 1. The van der Waals surface area contributed by atoms with Gasteiger partial charge in [0.1, 0.15) is 5.75 Å². The summed E-state index contributed by atoms with van der Waals surface area (Å²) in [4.78, 5) is 13.3. The fourth-order valence-electron chi connectivity index (χ4n) is 1.79. The summed E-state index contributed by atoms with van der Waals surface area (Å²) in [6.45, 7) is 6.65. The first-order valence-corrected chi connectivity index (χ1v) is 7.15. The predicted molar refractivity (Wildman–Crippen MR) is 80.0 cm³/mol. The molecule has 4 nitrogen and oxygen atoms in total. The van der Waals surface area contributed by atoms with Crippen molar-refractivity contribution in [3.8, 4) is 5.75 Å². The molecule has 0 saturated heterocycles. The fraction of sp³-hybridized carbons (Fsp3) is 0.562. The standard InChI is InChI=1S/C16H25NO3/c1-4-19-16(18)10-12-17(3)11-5-13-20-15-8-6-14(2)7-9-15/h6-9H,4-5,10-13H2,1-3H3. The van der Waals surface area contributed by atoms with Crippen molar-refractivity contribution in [2.24, 2.45) is 0 Å². The Morgan fingerprint density at radius 1 is 1.20 bits per heavy atom. The molecular formula is C16H25NO3. The molecule has 0 unspecified atom stereocenters. The van der Waals surface area contributed by atoms with Crippen LogP contribution in [-0.4, -0.2) is 44.2 Å². The molecule has 0 bridgehead atoms. The van der Waals surface area contributed by atoms with Crippen LogP contribution in [0.15, 0.2) is 24.3 Å². The van der Waals surface area contributed by atoms with E-state index in [0.717, 1.165) is 25.3 Å². The van der Waals surface area contributed by atoms with Crippen molar-refractivity contribution in [3.05, 3.63) is 29.8 Å². The number of ether oxygens (including phenoxy) is 2. The van der Waals surface area contributed by atoms with E-state index in [1.807, 2.05) is 38.2 Å². The number of hydrogen-bond acceptors (Lipinski definition) is 4. The third-order valence-corrected chi connectivity index (χ3v) is 2.98. The molecule has 4 heteroatoms. The van der Waals surface area contributed by atoms with Crippen LogP contribution in [0.1, 0.15) is 25.3 Å². The molecule has 0 heterocycles. The van der Waals surface area contributed by atoms with Crippen LogP contribution >= 0.6 is 0 Å². The minimum atomic E-state index is -0.129. The second-order valence-corrected chi connectivity index (χ2v) is 4.87. The normalized spacial score (nSPS) is 10.6. The van der Waals surface area contributed by atoms with Crippen LogP contribution in [0.2, 0.25) is 0 Å². The maximum absolute atomic E-state index is 11.2. The predicted octanol–water partition coefficient (Wildman–Crippen LogP) is 2.65. The Morgan fingerprint density at radius 3 is 2.55 bits per heavy atom. The van der Waals surface area contributed by atoms with Crippen LogP contribution in [0.4, 0.5) is 0 Å². The summed E-state index contributed by atoms with van der Waals surface area (Å²) in [6.07, 6.45) is 1.39. The van der Waals surface area contributed by atoms with Gasteiger partial charge in [-0.2, -0.15) is 0 Å². The van der Waals surface area contributed by atoms with Crippen LogP contribution in [-0.2, 0) is 9.53 Å². The van der Waals surface area contributed by atoms with Crippen LogP contribution in [0.25, 0.3) is 0 Å². The van der Waals surface area contributed by atoms with Gasteiger partial charge >= 0.3 is 5.97 Å². The summed E-state index contributed by atoms with van der Waals surface area (Å²) in [5.41, 5.74) is 1.23. The van der Waals surface area contributed by atoms with Gasteiger partial charge in [0.15, 0.2) is 0 Å². The quantitative estimate of drug-likeness (QED) is 0.514. The maximum atomic E-state index is 11.2. The van der Waals surface area contributed by atoms with E-state index < -0.39 is 0 Å². The Morgan fingerprint density at radius 2 is 1.90 bits per heavy atom. The zero-order valence-electron chi connectivity index (χ0n) is 12.7. The molecule has 112 valence electrons. The van der Waals surface area contributed by atoms with E-state index in [-0.39, 0.29) is 5.97 Å². The van der Waals surface area contributed by atoms with Crippen molar-refractivity contribution < 1.29 is 14.3 Å². The molecule has 0 fully saturated rings. The van der Waals surface area contributed by atoms with Gasteiger partial charge in [-0.25, -0.2) is 0 Å². The second kappa shape index (κ2) is 9.37. The van der Waals surface area contributed by atoms with Crippen molar-refractivity contribution in [2.75, 3.05) is 33.4 Å². The molecule has 1 rings (SSSR count). The van der Waals surface area contributed by atoms with Crippen LogP contribution < -0.4 is 4.74 Å². The van der Waals surface area contributed by atoms with Crippen molar-refractivity contribution in [1.29, 1.82) is 0 Å². The zero-order valence-corrected chi connectivity index (χ0v) is 12.7. The highest BCUT2D eigenvalue weighted by molar-refractivity contribution is 5.69. The van der Waals surface area contributed by atoms with Gasteiger partial charge in [-0.3, -0.25) is 4.79 Å². The van der Waals surface area contributed by atoms with Crippen molar-refractivity contribution in [2.45, 2.75) is 26.7 Å². The first-order chi connectivity index (χ1) is 9.61. The molecule has 1 aromatic rings. The molecule has 1 aromatic carbocycles. The van der Waals surface area contributed by atoms with E-state index >= 15 is 0 Å². The number of hydrogen-bond donors (Lipinski definition) is 0. The van der Waals surface area contributed by atoms with Crippen LogP contribution in [0.3, 0.4) is 0 Å². The number of nitrogens with zero attached hydrogens (tertiary/aromatic N) is 1. The number of benzene rings is 1. The molecule has 0 N–H and O–H groups in total. The van der Waals surface area contributed by atoms with Gasteiger partial charge in [0.05, 0.1) is 19.6 Å². The molecule has 0 aromatic heterocycles. The number of carbonyl (C=O) groups is 1. The highest BCUT2D eigenvalue weighted by Crippen LogP contribution is 2.11. The molecule has 0 atom stereocenters. The average molecular weight is 279 g/mol. The summed E-state index contributed by atoms with van der Waals surface area (Å²) < 4.78 is 10.6. The van der Waals surface area contributed by atoms with E-state index in [1.54, 1.807) is 0 Å². The molecule has 20 heavy (non-hydrogen) atoms. The summed E-state index contributed by atoms with van der Waals surface area (Å²) in [5.74, 6) is 0.778. The van der Waals surface area contributed by atoms with E-state index in [2.05, 4.69) is 11.8 Å². The molecule has 0 aliphatic carbocycles. The highest BCUT2D eigenvalue weighted by Gasteiger charge is 2.04. The van der Waals surface area contributed by atoms with Crippen molar-refractivity contribution in [1.82, 2.24) is 4.90 Å². The largest absolute Gasteiger partial charge is 0.494 e. The maximum Gasteiger partial charge on any atom is 0.307 e. The SMILES string of the molecule is CCOC(=O)CCN(C)CCCOc1ccc(C)cc1. The Labute approximate surface area is 121 Å². The Bertz CT molecular complexity index is 389. The number of aryl methyl sites for hydroxylation is 1. The minimum absolute atomic E-state index is 0.129. The lowest BCUT2D eigenvalue weighted by Gasteiger charge is -2.16. The highest BCUT2D eigenvalue weighted by atomic mass is 16.5. The smallest absolute Gasteiger partial charge is 0.307 e. The molecule has 0 spiro atoms. The molecule has 0 amide bonds. The summed E-state index contributed by atoms with van der Waals surface area (Å²) >= 11 is 0. The number of rotatable bonds is 9. The van der Waals surface area contributed by atoms with Crippen LogP contribution in [0, 0.1) is 6.92 Å². The molecule has 0 aliphatic heterocycles. The van der Waals surface area contributed by atoms with E-state index in [0.29, 0.717) is 19.6 Å². The van der Waals surface area contributed by atoms with Gasteiger partial charge in [0, 0.05) is 13.1 Å². The molecule has 0 saturated carbocycles. The van der Waals surface area contributed by atoms with Gasteiger partial charge < -0.3 is 14.4 Å². The Kier molecular flexibility index (Phi) is 7.73. The van der Waals surface area contributed by atoms with Gasteiger partial charge in [-0.05, 0) is 39.4 Å². The fourth-order valence-corrected chi connectivity index (χ4v) is 1.79. The molecule has 0 aliphatic rings. The summed E-state index contributed by atoms with van der Waals surface area (Å²) in [7, 11) is 2.01. The summed E-state index contributed by atoms with van der Waals surface area (Å²) in [5, 5.41) is 0. The third kappa shape index (κ3) is 7.14. The lowest BCUT2D eigenvalue weighted by molar-refractivity contribution is -0.143. The topological polar surface area (TPSA) is 38.8 Å². The average Bonchev–Trinajstić information content (AvgIpc) is 2.43. The third-order valence-electron chi connectivity index (χ3n) is 2.98. The summed E-state index contributed by atoms with van der Waals surface area (Å²) in [6, 6.07) is 8.06. The lowest BCUT2D eigenvalue weighted by atomic mass is 10.2. The van der Waals surface area contributed by atoms with Gasteiger partial charge in [-0.1, -0.05) is 17.7 Å². The monoisotopic (exact) mass is 279 g/mol.